The van der Waals surface area contributed by atoms with E-state index in [1.807, 2.05) is 13.0 Å². The molecule has 1 amide bonds. The molecule has 0 saturated carbocycles. The van der Waals surface area contributed by atoms with Gasteiger partial charge < -0.3 is 16.0 Å². The quantitative estimate of drug-likeness (QED) is 0.523. The van der Waals surface area contributed by atoms with Gasteiger partial charge in [-0.15, -0.1) is 11.3 Å². The van der Waals surface area contributed by atoms with Gasteiger partial charge >= 0.3 is 0 Å². The Kier molecular flexibility index (Phi) is 7.40. The predicted molar refractivity (Wildman–Crippen MR) is 102 cm³/mol. The lowest BCUT2D eigenvalue weighted by molar-refractivity contribution is -0.114. The second kappa shape index (κ2) is 9.78. The molecule has 1 aromatic carbocycles. The molecule has 134 valence electrons. The second-order valence-electron chi connectivity index (χ2n) is 5.55. The number of aliphatic imine (C=N–C) groups is 1. The van der Waals surface area contributed by atoms with Gasteiger partial charge in [0.1, 0.15) is 12.4 Å². The Balaban J connectivity index is 1.85. The van der Waals surface area contributed by atoms with Crippen molar-refractivity contribution in [2.24, 2.45) is 4.99 Å². The number of halogens is 1. The van der Waals surface area contributed by atoms with E-state index in [-0.39, 0.29) is 18.3 Å². The van der Waals surface area contributed by atoms with Crippen molar-refractivity contribution in [2.45, 2.75) is 19.8 Å². The Morgan fingerprint density at radius 1 is 1.24 bits per heavy atom. The highest BCUT2D eigenvalue weighted by Gasteiger charge is 2.08. The molecule has 7 heteroatoms. The number of nitrogens with one attached hydrogen (secondary N) is 3. The standard InChI is InChI=1S/C18H23FN4OS/c1-3-20-18(21-11-13(2)16-5-4-10-25-16)22-12-17(24)23-15-8-6-14(19)7-9-15/h4-10,13H,3,11-12H2,1-2H3,(H,23,24)(H2,20,21,22). The van der Waals surface area contributed by atoms with Gasteiger partial charge in [0.25, 0.3) is 0 Å². The van der Waals surface area contributed by atoms with Gasteiger partial charge in [-0.2, -0.15) is 0 Å². The molecule has 0 fully saturated rings. The third kappa shape index (κ3) is 6.54. The molecule has 0 aliphatic heterocycles. The van der Waals surface area contributed by atoms with Crippen molar-refractivity contribution in [3.05, 3.63) is 52.5 Å². The number of hydrogen-bond acceptors (Lipinski definition) is 3. The van der Waals surface area contributed by atoms with Crippen molar-refractivity contribution in [3.63, 3.8) is 0 Å². The van der Waals surface area contributed by atoms with Crippen LogP contribution in [0.5, 0.6) is 0 Å². The minimum Gasteiger partial charge on any atom is -0.357 e. The summed E-state index contributed by atoms with van der Waals surface area (Å²) >= 11 is 1.73. The molecule has 0 radical (unpaired) electrons. The first-order chi connectivity index (χ1) is 12.1. The van der Waals surface area contributed by atoms with Crippen LogP contribution in [0, 0.1) is 5.82 Å². The highest BCUT2D eigenvalue weighted by atomic mass is 32.1. The largest absolute Gasteiger partial charge is 0.357 e. The minimum absolute atomic E-state index is 0.0138. The predicted octanol–water partition coefficient (Wildman–Crippen LogP) is 3.18. The molecule has 0 saturated heterocycles. The number of carbonyl (C=O) groups excluding carboxylic acids is 1. The van der Waals surface area contributed by atoms with E-state index >= 15 is 0 Å². The van der Waals surface area contributed by atoms with Crippen LogP contribution in [0.4, 0.5) is 10.1 Å². The van der Waals surface area contributed by atoms with Crippen LogP contribution in [0.25, 0.3) is 0 Å². The van der Waals surface area contributed by atoms with E-state index in [0.717, 1.165) is 6.54 Å². The molecular weight excluding hydrogens is 339 g/mol. The fourth-order valence-electron chi connectivity index (χ4n) is 2.15. The van der Waals surface area contributed by atoms with E-state index in [1.54, 1.807) is 11.3 Å². The van der Waals surface area contributed by atoms with Gasteiger partial charge in [-0.1, -0.05) is 13.0 Å². The van der Waals surface area contributed by atoms with Crippen LogP contribution in [0.15, 0.2) is 46.8 Å². The van der Waals surface area contributed by atoms with Crippen LogP contribution in [0.3, 0.4) is 0 Å². The average molecular weight is 362 g/mol. The molecule has 0 aliphatic carbocycles. The molecule has 1 heterocycles. The molecule has 1 atom stereocenters. The molecule has 2 aromatic rings. The number of nitrogens with zero attached hydrogens (tertiary/aromatic N) is 1. The zero-order valence-electron chi connectivity index (χ0n) is 14.4. The Bertz CT molecular complexity index is 686. The first kappa shape index (κ1) is 18.9. The molecule has 25 heavy (non-hydrogen) atoms. The number of amides is 1. The number of anilines is 1. The summed E-state index contributed by atoms with van der Waals surface area (Å²) in [4.78, 5) is 17.6. The van der Waals surface area contributed by atoms with Crippen molar-refractivity contribution in [2.75, 3.05) is 25.0 Å². The van der Waals surface area contributed by atoms with Crippen molar-refractivity contribution in [1.29, 1.82) is 0 Å². The van der Waals surface area contributed by atoms with Crippen LogP contribution >= 0.6 is 11.3 Å². The smallest absolute Gasteiger partial charge is 0.246 e. The van der Waals surface area contributed by atoms with Gasteiger partial charge in [-0.25, -0.2) is 9.38 Å². The molecule has 2 rings (SSSR count). The van der Waals surface area contributed by atoms with E-state index in [9.17, 15) is 9.18 Å². The van der Waals surface area contributed by atoms with Crippen LogP contribution in [0.2, 0.25) is 0 Å². The maximum absolute atomic E-state index is 12.9. The molecule has 1 unspecified atom stereocenters. The van der Waals surface area contributed by atoms with Gasteiger partial charge in [0.05, 0.1) is 0 Å². The summed E-state index contributed by atoms with van der Waals surface area (Å²) in [6.07, 6.45) is 0. The summed E-state index contributed by atoms with van der Waals surface area (Å²) in [7, 11) is 0. The lowest BCUT2D eigenvalue weighted by Gasteiger charge is -2.15. The zero-order chi connectivity index (χ0) is 18.1. The van der Waals surface area contributed by atoms with Gasteiger partial charge in [-0.05, 0) is 42.6 Å². The van der Waals surface area contributed by atoms with Gasteiger partial charge in [0.2, 0.25) is 5.91 Å². The van der Waals surface area contributed by atoms with Crippen molar-refractivity contribution < 1.29 is 9.18 Å². The number of guanidine groups is 1. The lowest BCUT2D eigenvalue weighted by Crippen LogP contribution is -2.39. The van der Waals surface area contributed by atoms with Crippen LogP contribution in [0.1, 0.15) is 24.6 Å². The Hall–Kier alpha value is -2.41. The number of carbonyl (C=O) groups is 1. The second-order valence-corrected chi connectivity index (χ2v) is 6.53. The van der Waals surface area contributed by atoms with Crippen LogP contribution < -0.4 is 16.0 Å². The Morgan fingerprint density at radius 2 is 2.00 bits per heavy atom. The average Bonchev–Trinajstić information content (AvgIpc) is 3.14. The SMILES string of the molecule is CCNC(=NCC(=O)Nc1ccc(F)cc1)NCC(C)c1cccs1. The number of thiophene rings is 1. The highest BCUT2D eigenvalue weighted by Crippen LogP contribution is 2.19. The van der Waals surface area contributed by atoms with Crippen LogP contribution in [-0.2, 0) is 4.79 Å². The molecule has 0 spiro atoms. The maximum atomic E-state index is 12.9. The fourth-order valence-corrected chi connectivity index (χ4v) is 2.94. The lowest BCUT2D eigenvalue weighted by atomic mass is 10.1. The summed E-state index contributed by atoms with van der Waals surface area (Å²) in [5.41, 5.74) is 0.547. The Labute approximate surface area is 151 Å². The topological polar surface area (TPSA) is 65.5 Å². The zero-order valence-corrected chi connectivity index (χ0v) is 15.2. The number of rotatable bonds is 7. The third-order valence-electron chi connectivity index (χ3n) is 3.46. The fraction of sp³-hybridized carbons (Fsp3) is 0.333. The first-order valence-corrected chi connectivity index (χ1v) is 9.07. The monoisotopic (exact) mass is 362 g/mol. The van der Waals surface area contributed by atoms with Crippen LogP contribution in [-0.4, -0.2) is 31.5 Å². The normalized spacial score (nSPS) is 12.5. The summed E-state index contributed by atoms with van der Waals surface area (Å²) in [6.45, 7) is 5.53. The number of benzene rings is 1. The highest BCUT2D eigenvalue weighted by molar-refractivity contribution is 7.10. The van der Waals surface area contributed by atoms with Gasteiger partial charge in [-0.3, -0.25) is 4.79 Å². The molecule has 0 bridgehead atoms. The van der Waals surface area contributed by atoms with Crippen molar-refractivity contribution in [3.8, 4) is 0 Å². The summed E-state index contributed by atoms with van der Waals surface area (Å²) in [5, 5.41) is 11.1. The summed E-state index contributed by atoms with van der Waals surface area (Å²) in [6, 6.07) is 9.78. The molecule has 3 N–H and O–H groups in total. The van der Waals surface area contributed by atoms with E-state index in [1.165, 1.54) is 29.1 Å². The molecule has 0 aliphatic rings. The minimum atomic E-state index is -0.338. The van der Waals surface area contributed by atoms with Gasteiger partial charge in [0, 0.05) is 29.6 Å². The summed E-state index contributed by atoms with van der Waals surface area (Å²) < 4.78 is 12.9. The maximum Gasteiger partial charge on any atom is 0.246 e. The van der Waals surface area contributed by atoms with E-state index in [4.69, 9.17) is 0 Å². The first-order valence-electron chi connectivity index (χ1n) is 8.19. The molecular formula is C18H23FN4OS. The third-order valence-corrected chi connectivity index (χ3v) is 4.56. The van der Waals surface area contributed by atoms with E-state index < -0.39 is 0 Å². The Morgan fingerprint density at radius 3 is 2.64 bits per heavy atom. The van der Waals surface area contributed by atoms with Crippen molar-refractivity contribution >= 4 is 28.9 Å². The van der Waals surface area contributed by atoms with Crippen molar-refractivity contribution in [1.82, 2.24) is 10.6 Å². The van der Waals surface area contributed by atoms with E-state index in [0.29, 0.717) is 24.1 Å². The number of hydrogen-bond donors (Lipinski definition) is 3. The summed E-state index contributed by atoms with van der Waals surface area (Å²) in [5.74, 6) is 0.363. The molecule has 5 nitrogen and oxygen atoms in total. The van der Waals surface area contributed by atoms with E-state index in [2.05, 4.69) is 39.3 Å². The molecule has 1 aromatic heterocycles. The van der Waals surface area contributed by atoms with Gasteiger partial charge in [0.15, 0.2) is 5.96 Å².